The van der Waals surface area contributed by atoms with Crippen LogP contribution < -0.4 is 15.5 Å². The molecule has 28 heavy (non-hydrogen) atoms. The minimum atomic E-state index is -1.17. The second-order valence-corrected chi connectivity index (χ2v) is 7.99. The van der Waals surface area contributed by atoms with Gasteiger partial charge in [0.2, 0.25) is 11.8 Å². The van der Waals surface area contributed by atoms with Gasteiger partial charge in [0.05, 0.1) is 0 Å². The van der Waals surface area contributed by atoms with E-state index in [1.165, 1.54) is 18.5 Å². The highest BCUT2D eigenvalue weighted by Gasteiger charge is 2.36. The molecular weight excluding hydrogens is 350 g/mol. The third-order valence-corrected chi connectivity index (χ3v) is 5.27. The highest BCUT2D eigenvalue weighted by Crippen LogP contribution is 2.24. The maximum atomic E-state index is 12.7. The molecule has 1 saturated heterocycles. The summed E-state index contributed by atoms with van der Waals surface area (Å²) >= 11 is 0. The summed E-state index contributed by atoms with van der Waals surface area (Å²) in [5, 5.41) is 5.74. The number of benzene rings is 2. The molecule has 3 rings (SSSR count). The average molecular weight is 380 g/mol. The van der Waals surface area contributed by atoms with E-state index in [0.717, 1.165) is 24.2 Å². The van der Waals surface area contributed by atoms with Crippen molar-refractivity contribution in [2.75, 3.05) is 23.3 Å². The lowest BCUT2D eigenvalue weighted by Crippen LogP contribution is -2.44. The van der Waals surface area contributed by atoms with Crippen LogP contribution in [-0.4, -0.2) is 24.9 Å². The molecule has 2 amide bonds. The number of nitrogens with zero attached hydrogens (tertiary/aromatic N) is 1. The lowest BCUT2D eigenvalue weighted by atomic mass is 9.90. The first kappa shape index (κ1) is 19.9. The Labute approximate surface area is 167 Å². The van der Waals surface area contributed by atoms with Crippen LogP contribution in [0.25, 0.3) is 0 Å². The first-order valence-corrected chi connectivity index (χ1v) is 9.86. The summed E-state index contributed by atoms with van der Waals surface area (Å²) < 4.78 is 0. The van der Waals surface area contributed by atoms with E-state index in [0.29, 0.717) is 12.2 Å². The summed E-state index contributed by atoms with van der Waals surface area (Å²) in [6, 6.07) is 15.8. The topological polar surface area (TPSA) is 61.4 Å². The monoisotopic (exact) mass is 379 g/mol. The molecule has 2 aromatic carbocycles. The number of anilines is 2. The Bertz CT molecular complexity index is 837. The first-order chi connectivity index (χ1) is 13.4. The molecule has 1 aliphatic rings. The smallest absolute Gasteiger partial charge is 0.239 e. The van der Waals surface area contributed by atoms with Gasteiger partial charge in [0.15, 0.2) is 0 Å². The van der Waals surface area contributed by atoms with Gasteiger partial charge in [-0.25, -0.2) is 0 Å². The summed E-state index contributed by atoms with van der Waals surface area (Å²) in [6.45, 7) is 7.87. The van der Waals surface area contributed by atoms with Gasteiger partial charge in [0.25, 0.3) is 0 Å². The summed E-state index contributed by atoms with van der Waals surface area (Å²) in [5.74, 6) is -0.608. The standard InChI is InChI=1S/C23H29N3O2/c1-17-7-6-8-18(15-17)16-24-21(27)23(2,3)22(28)25-19-9-11-20(12-10-19)26-13-4-5-14-26/h6-12,15H,4-5,13-14,16H2,1-3H3,(H,24,27)(H,25,28). The predicted octanol–water partition coefficient (Wildman–Crippen LogP) is 3.88. The van der Waals surface area contributed by atoms with Gasteiger partial charge in [-0.1, -0.05) is 29.8 Å². The fourth-order valence-electron chi connectivity index (χ4n) is 3.35. The minimum Gasteiger partial charge on any atom is -0.372 e. The van der Waals surface area contributed by atoms with Gasteiger partial charge in [-0.3, -0.25) is 9.59 Å². The molecule has 0 saturated carbocycles. The molecule has 0 radical (unpaired) electrons. The number of hydrogen-bond acceptors (Lipinski definition) is 3. The molecule has 1 heterocycles. The second-order valence-electron chi connectivity index (χ2n) is 7.99. The predicted molar refractivity (Wildman–Crippen MR) is 113 cm³/mol. The lowest BCUT2D eigenvalue weighted by Gasteiger charge is -2.23. The maximum absolute atomic E-state index is 12.7. The van der Waals surface area contributed by atoms with E-state index >= 15 is 0 Å². The Balaban J connectivity index is 1.57. The normalized spacial score (nSPS) is 14.0. The number of aryl methyl sites for hydroxylation is 1. The molecule has 2 N–H and O–H groups in total. The summed E-state index contributed by atoms with van der Waals surface area (Å²) in [7, 11) is 0. The lowest BCUT2D eigenvalue weighted by molar-refractivity contribution is -0.138. The highest BCUT2D eigenvalue weighted by atomic mass is 16.2. The number of hydrogen-bond donors (Lipinski definition) is 2. The van der Waals surface area contributed by atoms with Crippen LogP contribution in [0.2, 0.25) is 0 Å². The van der Waals surface area contributed by atoms with Crippen LogP contribution in [0.1, 0.15) is 37.8 Å². The molecule has 5 heteroatoms. The zero-order valence-corrected chi connectivity index (χ0v) is 16.9. The van der Waals surface area contributed by atoms with Crippen molar-refractivity contribution in [3.8, 4) is 0 Å². The second kappa shape index (κ2) is 8.46. The Hall–Kier alpha value is -2.82. The largest absolute Gasteiger partial charge is 0.372 e. The van der Waals surface area contributed by atoms with E-state index in [-0.39, 0.29) is 11.8 Å². The van der Waals surface area contributed by atoms with Crippen LogP contribution in [0.4, 0.5) is 11.4 Å². The summed E-state index contributed by atoms with van der Waals surface area (Å²) in [6.07, 6.45) is 2.45. The molecule has 0 aliphatic carbocycles. The Kier molecular flexibility index (Phi) is 6.02. The van der Waals surface area contributed by atoms with Crippen molar-refractivity contribution in [3.05, 3.63) is 59.7 Å². The van der Waals surface area contributed by atoms with Crippen molar-refractivity contribution in [1.29, 1.82) is 0 Å². The average Bonchev–Trinajstić information content (AvgIpc) is 3.21. The molecule has 1 aliphatic heterocycles. The van der Waals surface area contributed by atoms with Crippen molar-refractivity contribution in [2.45, 2.75) is 40.2 Å². The van der Waals surface area contributed by atoms with Crippen molar-refractivity contribution in [2.24, 2.45) is 5.41 Å². The van der Waals surface area contributed by atoms with Crippen LogP contribution >= 0.6 is 0 Å². The third kappa shape index (κ3) is 4.71. The highest BCUT2D eigenvalue weighted by molar-refractivity contribution is 6.09. The van der Waals surface area contributed by atoms with Crippen molar-refractivity contribution in [1.82, 2.24) is 5.32 Å². The molecule has 148 valence electrons. The molecular formula is C23H29N3O2. The number of rotatable bonds is 6. The molecule has 1 fully saturated rings. The van der Waals surface area contributed by atoms with Crippen molar-refractivity contribution >= 4 is 23.2 Å². The fourth-order valence-corrected chi connectivity index (χ4v) is 3.35. The fraction of sp³-hybridized carbons (Fsp3) is 0.391. The van der Waals surface area contributed by atoms with Crippen molar-refractivity contribution in [3.63, 3.8) is 0 Å². The van der Waals surface area contributed by atoms with E-state index in [9.17, 15) is 9.59 Å². The zero-order valence-electron chi connectivity index (χ0n) is 16.9. The van der Waals surface area contributed by atoms with Gasteiger partial charge >= 0.3 is 0 Å². The molecule has 0 spiro atoms. The summed E-state index contributed by atoms with van der Waals surface area (Å²) in [5.41, 5.74) is 2.86. The van der Waals surface area contributed by atoms with Gasteiger partial charge in [-0.15, -0.1) is 0 Å². The first-order valence-electron chi connectivity index (χ1n) is 9.86. The molecule has 2 aromatic rings. The molecule has 5 nitrogen and oxygen atoms in total. The molecule has 0 aromatic heterocycles. The number of nitrogens with one attached hydrogen (secondary N) is 2. The van der Waals surface area contributed by atoms with Crippen LogP contribution in [0.5, 0.6) is 0 Å². The zero-order chi connectivity index (χ0) is 20.1. The van der Waals surface area contributed by atoms with E-state index in [1.807, 2.05) is 55.5 Å². The van der Waals surface area contributed by atoms with E-state index < -0.39 is 5.41 Å². The number of carbonyl (C=O) groups is 2. The van der Waals surface area contributed by atoms with Crippen LogP contribution in [-0.2, 0) is 16.1 Å². The van der Waals surface area contributed by atoms with Crippen LogP contribution in [0.3, 0.4) is 0 Å². The van der Waals surface area contributed by atoms with E-state index in [2.05, 4.69) is 15.5 Å². The van der Waals surface area contributed by atoms with E-state index in [4.69, 9.17) is 0 Å². The Morgan fingerprint density at radius 2 is 1.68 bits per heavy atom. The van der Waals surface area contributed by atoms with Crippen LogP contribution in [0.15, 0.2) is 48.5 Å². The Morgan fingerprint density at radius 3 is 2.32 bits per heavy atom. The number of amides is 2. The van der Waals surface area contributed by atoms with Gasteiger partial charge < -0.3 is 15.5 Å². The number of carbonyl (C=O) groups excluding carboxylic acids is 2. The molecule has 0 atom stereocenters. The van der Waals surface area contributed by atoms with Gasteiger partial charge in [0, 0.05) is 31.0 Å². The SMILES string of the molecule is Cc1cccc(CNC(=O)C(C)(C)C(=O)Nc2ccc(N3CCCC3)cc2)c1. The third-order valence-electron chi connectivity index (χ3n) is 5.27. The molecule has 0 bridgehead atoms. The van der Waals surface area contributed by atoms with Gasteiger partial charge in [-0.2, -0.15) is 0 Å². The van der Waals surface area contributed by atoms with Gasteiger partial charge in [0.1, 0.15) is 5.41 Å². The van der Waals surface area contributed by atoms with E-state index in [1.54, 1.807) is 13.8 Å². The maximum Gasteiger partial charge on any atom is 0.239 e. The quantitative estimate of drug-likeness (QED) is 0.749. The van der Waals surface area contributed by atoms with Crippen molar-refractivity contribution < 1.29 is 9.59 Å². The summed E-state index contributed by atoms with van der Waals surface area (Å²) in [4.78, 5) is 27.6. The Morgan fingerprint density at radius 1 is 1.00 bits per heavy atom. The van der Waals surface area contributed by atoms with Gasteiger partial charge in [-0.05, 0) is 63.4 Å². The van der Waals surface area contributed by atoms with Crippen LogP contribution in [0, 0.1) is 12.3 Å². The minimum absolute atomic E-state index is 0.291. The molecule has 0 unspecified atom stereocenters.